The highest BCUT2D eigenvalue weighted by atomic mass is 35.5. The zero-order chi connectivity index (χ0) is 21.7. The molecule has 3 aromatic carbocycles. The third-order valence-electron chi connectivity index (χ3n) is 4.27. The van der Waals surface area contributed by atoms with Crippen LogP contribution in [-0.2, 0) is 10.0 Å². The van der Waals surface area contributed by atoms with Crippen molar-refractivity contribution in [1.29, 1.82) is 0 Å². The van der Waals surface area contributed by atoms with E-state index >= 15 is 0 Å². The molecule has 3 aromatic rings. The smallest absolute Gasteiger partial charge is 0.261 e. The summed E-state index contributed by atoms with van der Waals surface area (Å²) in [5.41, 5.74) is 1.89. The molecule has 0 aliphatic rings. The third-order valence-corrected chi connectivity index (χ3v) is 6.06. The molecule has 8 heteroatoms. The number of carbonyl (C=O) groups is 1. The minimum atomic E-state index is -3.91. The van der Waals surface area contributed by atoms with Crippen LogP contribution >= 0.6 is 11.6 Å². The number of carbonyl (C=O) groups excluding carboxylic acids is 1. The van der Waals surface area contributed by atoms with Crippen molar-refractivity contribution in [3.8, 4) is 5.75 Å². The first-order chi connectivity index (χ1) is 14.3. The number of aryl methyl sites for hydroxylation is 1. The van der Waals surface area contributed by atoms with Gasteiger partial charge in [-0.05, 0) is 61.9 Å². The van der Waals surface area contributed by atoms with Gasteiger partial charge >= 0.3 is 0 Å². The van der Waals surface area contributed by atoms with Gasteiger partial charge in [-0.15, -0.1) is 0 Å². The number of hydrogen-bond acceptors (Lipinski definition) is 4. The first-order valence-electron chi connectivity index (χ1n) is 9.22. The van der Waals surface area contributed by atoms with E-state index in [2.05, 4.69) is 10.0 Å². The summed E-state index contributed by atoms with van der Waals surface area (Å²) >= 11 is 6.09. The molecule has 156 valence electrons. The predicted octanol–water partition coefficient (Wildman–Crippen LogP) is 5.10. The number of amides is 1. The standard InChI is InChI=1S/C22H21ClN2O4S/c1-3-29-21-12-11-18(14-20(21)24-22(26)16-7-5-4-6-8-16)30(27,28)25-17-10-9-15(2)19(23)13-17/h4-14,25H,3H2,1-2H3,(H,24,26). The van der Waals surface area contributed by atoms with Crippen molar-refractivity contribution < 1.29 is 17.9 Å². The van der Waals surface area contributed by atoms with Crippen LogP contribution in [0.15, 0.2) is 71.6 Å². The lowest BCUT2D eigenvalue weighted by molar-refractivity contribution is 0.102. The number of rotatable bonds is 7. The van der Waals surface area contributed by atoms with Crippen LogP contribution in [0.1, 0.15) is 22.8 Å². The molecule has 0 bridgehead atoms. The monoisotopic (exact) mass is 444 g/mol. The Kier molecular flexibility index (Phi) is 6.64. The van der Waals surface area contributed by atoms with Crippen molar-refractivity contribution in [1.82, 2.24) is 0 Å². The Balaban J connectivity index is 1.92. The van der Waals surface area contributed by atoms with Gasteiger partial charge in [-0.2, -0.15) is 0 Å². The zero-order valence-electron chi connectivity index (χ0n) is 16.5. The fraction of sp³-hybridized carbons (Fsp3) is 0.136. The van der Waals surface area contributed by atoms with E-state index < -0.39 is 10.0 Å². The second-order valence-corrected chi connectivity index (χ2v) is 8.57. The maximum Gasteiger partial charge on any atom is 0.261 e. The van der Waals surface area contributed by atoms with Crippen LogP contribution in [0.3, 0.4) is 0 Å². The van der Waals surface area contributed by atoms with E-state index in [1.54, 1.807) is 55.5 Å². The van der Waals surface area contributed by atoms with E-state index in [1.807, 2.05) is 6.92 Å². The first-order valence-corrected chi connectivity index (χ1v) is 11.1. The lowest BCUT2D eigenvalue weighted by atomic mass is 10.2. The molecule has 0 atom stereocenters. The van der Waals surface area contributed by atoms with E-state index in [1.165, 1.54) is 18.2 Å². The lowest BCUT2D eigenvalue weighted by Crippen LogP contribution is -2.16. The lowest BCUT2D eigenvalue weighted by Gasteiger charge is -2.15. The fourth-order valence-corrected chi connectivity index (χ4v) is 3.97. The summed E-state index contributed by atoms with van der Waals surface area (Å²) in [6.45, 7) is 3.99. The molecule has 6 nitrogen and oxygen atoms in total. The molecule has 0 aromatic heterocycles. The minimum Gasteiger partial charge on any atom is -0.492 e. The highest BCUT2D eigenvalue weighted by Crippen LogP contribution is 2.30. The van der Waals surface area contributed by atoms with E-state index in [0.717, 1.165) is 5.56 Å². The minimum absolute atomic E-state index is 0.0222. The van der Waals surface area contributed by atoms with E-state index in [-0.39, 0.29) is 16.5 Å². The van der Waals surface area contributed by atoms with Gasteiger partial charge in [-0.25, -0.2) is 8.42 Å². The number of anilines is 2. The number of halogens is 1. The number of benzene rings is 3. The van der Waals surface area contributed by atoms with Gasteiger partial charge in [0.2, 0.25) is 0 Å². The molecule has 0 saturated carbocycles. The van der Waals surface area contributed by atoms with Gasteiger partial charge < -0.3 is 10.1 Å². The maximum absolute atomic E-state index is 12.9. The predicted molar refractivity (Wildman–Crippen MR) is 119 cm³/mol. The number of sulfonamides is 1. The summed E-state index contributed by atoms with van der Waals surface area (Å²) in [7, 11) is -3.91. The van der Waals surface area contributed by atoms with Gasteiger partial charge in [0.25, 0.3) is 15.9 Å². The summed E-state index contributed by atoms with van der Waals surface area (Å²) in [4.78, 5) is 12.5. The molecule has 0 radical (unpaired) electrons. The van der Waals surface area contributed by atoms with Gasteiger partial charge in [0.15, 0.2) is 0 Å². The highest BCUT2D eigenvalue weighted by Gasteiger charge is 2.19. The van der Waals surface area contributed by atoms with E-state index in [4.69, 9.17) is 16.3 Å². The number of ether oxygens (including phenoxy) is 1. The second-order valence-electron chi connectivity index (χ2n) is 6.48. The number of hydrogen-bond donors (Lipinski definition) is 2. The fourth-order valence-electron chi connectivity index (χ4n) is 2.71. The van der Waals surface area contributed by atoms with Gasteiger partial charge in [0.05, 0.1) is 22.9 Å². The van der Waals surface area contributed by atoms with Gasteiger partial charge in [-0.3, -0.25) is 9.52 Å². The molecule has 0 aliphatic heterocycles. The molecule has 30 heavy (non-hydrogen) atoms. The van der Waals surface area contributed by atoms with Crippen molar-refractivity contribution in [3.63, 3.8) is 0 Å². The van der Waals surface area contributed by atoms with Crippen molar-refractivity contribution in [2.24, 2.45) is 0 Å². The zero-order valence-corrected chi connectivity index (χ0v) is 18.0. The molecule has 0 spiro atoms. The Morgan fingerprint density at radius 1 is 1.03 bits per heavy atom. The Morgan fingerprint density at radius 3 is 2.43 bits per heavy atom. The SMILES string of the molecule is CCOc1ccc(S(=O)(=O)Nc2ccc(C)c(Cl)c2)cc1NC(=O)c1ccccc1. The summed E-state index contributed by atoms with van der Waals surface area (Å²) in [6.07, 6.45) is 0. The Bertz CT molecular complexity index is 1170. The molecule has 3 rings (SSSR count). The van der Waals surface area contributed by atoms with Crippen LogP contribution in [0.2, 0.25) is 5.02 Å². The van der Waals surface area contributed by atoms with Crippen LogP contribution in [0.5, 0.6) is 5.75 Å². The normalized spacial score (nSPS) is 11.0. The number of nitrogens with one attached hydrogen (secondary N) is 2. The molecule has 0 unspecified atom stereocenters. The molecule has 0 heterocycles. The van der Waals surface area contributed by atoms with Crippen LogP contribution in [0.4, 0.5) is 11.4 Å². The largest absolute Gasteiger partial charge is 0.492 e. The van der Waals surface area contributed by atoms with Gasteiger partial charge in [-0.1, -0.05) is 35.9 Å². The Morgan fingerprint density at radius 2 is 1.77 bits per heavy atom. The van der Waals surface area contributed by atoms with E-state index in [0.29, 0.717) is 28.6 Å². The molecule has 2 N–H and O–H groups in total. The van der Waals surface area contributed by atoms with Crippen LogP contribution < -0.4 is 14.8 Å². The second kappa shape index (κ2) is 9.19. The summed E-state index contributed by atoms with van der Waals surface area (Å²) < 4.78 is 33.8. The summed E-state index contributed by atoms with van der Waals surface area (Å²) in [5, 5.41) is 3.18. The average Bonchev–Trinajstić information content (AvgIpc) is 2.72. The topological polar surface area (TPSA) is 84.5 Å². The van der Waals surface area contributed by atoms with Gasteiger partial charge in [0, 0.05) is 10.6 Å². The molecule has 0 aliphatic carbocycles. The molecular weight excluding hydrogens is 424 g/mol. The molecule has 0 fully saturated rings. The van der Waals surface area contributed by atoms with Crippen molar-refractivity contribution in [2.45, 2.75) is 18.7 Å². The third kappa shape index (κ3) is 5.11. The Hall–Kier alpha value is -3.03. The Labute approximate surface area is 180 Å². The summed E-state index contributed by atoms with van der Waals surface area (Å²) in [6, 6.07) is 17.8. The van der Waals surface area contributed by atoms with Crippen molar-refractivity contribution >= 4 is 38.9 Å². The molecule has 1 amide bonds. The van der Waals surface area contributed by atoms with Crippen molar-refractivity contribution in [3.05, 3.63) is 82.9 Å². The van der Waals surface area contributed by atoms with E-state index in [9.17, 15) is 13.2 Å². The average molecular weight is 445 g/mol. The maximum atomic E-state index is 12.9. The summed E-state index contributed by atoms with van der Waals surface area (Å²) in [5.74, 6) is 0.00323. The van der Waals surface area contributed by atoms with Crippen molar-refractivity contribution in [2.75, 3.05) is 16.6 Å². The van der Waals surface area contributed by atoms with Crippen LogP contribution in [0.25, 0.3) is 0 Å². The van der Waals surface area contributed by atoms with Gasteiger partial charge in [0.1, 0.15) is 5.75 Å². The van der Waals surface area contributed by atoms with Crippen LogP contribution in [0, 0.1) is 6.92 Å². The quantitative estimate of drug-likeness (QED) is 0.531. The molecular formula is C22H21ClN2O4S. The highest BCUT2D eigenvalue weighted by molar-refractivity contribution is 7.92. The van der Waals surface area contributed by atoms with Crippen LogP contribution in [-0.4, -0.2) is 20.9 Å². The molecule has 0 saturated heterocycles. The first kappa shape index (κ1) is 21.7.